The fraction of sp³-hybridized carbons (Fsp3) is 1.00. The highest BCUT2D eigenvalue weighted by atomic mass is 28.3. The minimum absolute atomic E-state index is 0.406. The lowest BCUT2D eigenvalue weighted by Crippen LogP contribution is -2.39. The molecule has 0 aromatic heterocycles. The normalized spacial score (nSPS) is 39.5. The van der Waals surface area contributed by atoms with Crippen LogP contribution in [0.1, 0.15) is 19.3 Å². The number of hydrogen-bond acceptors (Lipinski definition) is 2. The van der Waals surface area contributed by atoms with Gasteiger partial charge in [0.2, 0.25) is 0 Å². The summed E-state index contributed by atoms with van der Waals surface area (Å²) < 4.78 is 0. The monoisotopic (exact) mass is 173 g/mol. The van der Waals surface area contributed by atoms with E-state index >= 15 is 0 Å². The van der Waals surface area contributed by atoms with Crippen LogP contribution in [-0.4, -0.2) is 31.2 Å². The maximum absolute atomic E-state index is 9.58. The van der Waals surface area contributed by atoms with E-state index in [1.165, 1.54) is 0 Å². The molecule has 11 heavy (non-hydrogen) atoms. The summed E-state index contributed by atoms with van der Waals surface area (Å²) in [6.45, 7) is 4.41. The third-order valence-electron chi connectivity index (χ3n) is 2.56. The summed E-state index contributed by atoms with van der Waals surface area (Å²) in [6, 6.07) is 0. The van der Waals surface area contributed by atoms with Gasteiger partial charge in [-0.15, -0.1) is 0 Å². The van der Waals surface area contributed by atoms with Crippen molar-refractivity contribution in [3.8, 4) is 0 Å². The zero-order chi connectivity index (χ0) is 8.43. The van der Waals surface area contributed by atoms with Crippen molar-refractivity contribution in [2.75, 3.05) is 0 Å². The van der Waals surface area contributed by atoms with Gasteiger partial charge in [-0.1, -0.05) is 25.9 Å². The summed E-state index contributed by atoms with van der Waals surface area (Å²) >= 11 is 0. The van der Waals surface area contributed by atoms with E-state index in [1.54, 1.807) is 0 Å². The third kappa shape index (κ3) is 2.04. The van der Waals surface area contributed by atoms with Crippen LogP contribution in [-0.2, 0) is 0 Å². The van der Waals surface area contributed by atoms with Crippen LogP contribution >= 0.6 is 0 Å². The van der Waals surface area contributed by atoms with E-state index in [0.717, 1.165) is 19.3 Å². The average molecular weight is 173 g/mol. The molecule has 1 radical (unpaired) electrons. The minimum Gasteiger partial charge on any atom is -0.390 e. The van der Waals surface area contributed by atoms with Gasteiger partial charge in [-0.05, 0) is 12.0 Å². The fourth-order valence-electron chi connectivity index (χ4n) is 1.79. The lowest BCUT2D eigenvalue weighted by Gasteiger charge is -2.33. The van der Waals surface area contributed by atoms with Crippen LogP contribution in [0.2, 0.25) is 18.6 Å². The smallest absolute Gasteiger partial charge is 0.0801 e. The Hall–Kier alpha value is 0.137. The molecule has 3 unspecified atom stereocenters. The first-order chi connectivity index (χ1) is 5.13. The summed E-state index contributed by atoms with van der Waals surface area (Å²) in [5.41, 5.74) is 0.406. The molecule has 0 aromatic rings. The van der Waals surface area contributed by atoms with Gasteiger partial charge in [0.15, 0.2) is 0 Å². The molecule has 0 aromatic carbocycles. The van der Waals surface area contributed by atoms with Gasteiger partial charge in [0.1, 0.15) is 0 Å². The predicted octanol–water partition coefficient (Wildman–Crippen LogP) is 1.02. The fourth-order valence-corrected chi connectivity index (χ4v) is 3.47. The zero-order valence-corrected chi connectivity index (χ0v) is 8.25. The number of rotatable bonds is 1. The summed E-state index contributed by atoms with van der Waals surface area (Å²) in [4.78, 5) is 0. The second-order valence-corrected chi connectivity index (χ2v) is 6.57. The first kappa shape index (κ1) is 9.23. The SMILES string of the molecule is C[Si](C)C1CCCC(O)C1O. The highest BCUT2D eigenvalue weighted by molar-refractivity contribution is 6.57. The Bertz CT molecular complexity index is 127. The number of aliphatic hydroxyl groups is 2. The van der Waals surface area contributed by atoms with Crippen molar-refractivity contribution in [2.45, 2.75) is 50.1 Å². The second-order valence-electron chi connectivity index (χ2n) is 3.67. The molecule has 65 valence electrons. The van der Waals surface area contributed by atoms with Gasteiger partial charge >= 0.3 is 0 Å². The van der Waals surface area contributed by atoms with Gasteiger partial charge in [0.05, 0.1) is 12.2 Å². The van der Waals surface area contributed by atoms with Gasteiger partial charge in [-0.3, -0.25) is 0 Å². The van der Waals surface area contributed by atoms with Gasteiger partial charge in [0.25, 0.3) is 0 Å². The zero-order valence-electron chi connectivity index (χ0n) is 7.25. The summed E-state index contributed by atoms with van der Waals surface area (Å²) in [5, 5.41) is 18.9. The van der Waals surface area contributed by atoms with Gasteiger partial charge in [-0.25, -0.2) is 0 Å². The Labute approximate surface area is 69.9 Å². The van der Waals surface area contributed by atoms with Crippen LogP contribution in [0, 0.1) is 0 Å². The van der Waals surface area contributed by atoms with Crippen LogP contribution in [0.4, 0.5) is 0 Å². The quantitative estimate of drug-likeness (QED) is 0.581. The van der Waals surface area contributed by atoms with Crippen molar-refractivity contribution >= 4 is 8.80 Å². The van der Waals surface area contributed by atoms with Crippen molar-refractivity contribution < 1.29 is 10.2 Å². The molecule has 3 atom stereocenters. The molecule has 0 saturated heterocycles. The van der Waals surface area contributed by atoms with Crippen molar-refractivity contribution in [2.24, 2.45) is 0 Å². The van der Waals surface area contributed by atoms with E-state index in [0.29, 0.717) is 5.54 Å². The van der Waals surface area contributed by atoms with Gasteiger partial charge in [-0.2, -0.15) is 0 Å². The van der Waals surface area contributed by atoms with Crippen molar-refractivity contribution in [1.29, 1.82) is 0 Å². The number of aliphatic hydroxyl groups excluding tert-OH is 2. The van der Waals surface area contributed by atoms with E-state index in [-0.39, 0.29) is 0 Å². The Morgan fingerprint density at radius 3 is 2.27 bits per heavy atom. The van der Waals surface area contributed by atoms with E-state index in [1.807, 2.05) is 0 Å². The lowest BCUT2D eigenvalue weighted by molar-refractivity contribution is -0.00909. The highest BCUT2D eigenvalue weighted by Crippen LogP contribution is 2.31. The molecular formula is C8H17O2Si. The Balaban J connectivity index is 2.51. The largest absolute Gasteiger partial charge is 0.390 e. The van der Waals surface area contributed by atoms with E-state index < -0.39 is 21.0 Å². The Morgan fingerprint density at radius 2 is 1.82 bits per heavy atom. The first-order valence-corrected chi connectivity index (χ1v) is 6.87. The third-order valence-corrected chi connectivity index (χ3v) is 4.68. The second kappa shape index (κ2) is 3.69. The Kier molecular flexibility index (Phi) is 3.10. The maximum atomic E-state index is 9.58. The maximum Gasteiger partial charge on any atom is 0.0801 e. The summed E-state index contributed by atoms with van der Waals surface area (Å²) in [7, 11) is -0.426. The molecule has 1 fully saturated rings. The summed E-state index contributed by atoms with van der Waals surface area (Å²) in [5.74, 6) is 0. The molecule has 1 aliphatic rings. The van der Waals surface area contributed by atoms with Crippen LogP contribution in [0.5, 0.6) is 0 Å². The van der Waals surface area contributed by atoms with Crippen molar-refractivity contribution in [3.05, 3.63) is 0 Å². The molecule has 2 N–H and O–H groups in total. The van der Waals surface area contributed by atoms with Crippen LogP contribution < -0.4 is 0 Å². The van der Waals surface area contributed by atoms with Crippen molar-refractivity contribution in [1.82, 2.24) is 0 Å². The molecule has 0 bridgehead atoms. The summed E-state index contributed by atoms with van der Waals surface area (Å²) in [6.07, 6.45) is 2.09. The predicted molar refractivity (Wildman–Crippen MR) is 47.1 cm³/mol. The topological polar surface area (TPSA) is 40.5 Å². The molecule has 0 heterocycles. The molecule has 2 nitrogen and oxygen atoms in total. The molecular weight excluding hydrogens is 156 g/mol. The Morgan fingerprint density at radius 1 is 1.18 bits per heavy atom. The molecule has 1 rings (SSSR count). The minimum atomic E-state index is -0.450. The molecule has 1 aliphatic carbocycles. The highest BCUT2D eigenvalue weighted by Gasteiger charge is 2.32. The molecule has 0 aliphatic heterocycles. The number of hydrogen-bond donors (Lipinski definition) is 2. The standard InChI is InChI=1S/C8H17O2Si/c1-11(2)7-5-3-4-6(9)8(7)10/h6-10H,3-5H2,1-2H3. The van der Waals surface area contributed by atoms with Gasteiger partial charge < -0.3 is 10.2 Å². The molecule has 0 spiro atoms. The van der Waals surface area contributed by atoms with Crippen LogP contribution in [0.15, 0.2) is 0 Å². The first-order valence-electron chi connectivity index (χ1n) is 4.29. The lowest BCUT2D eigenvalue weighted by atomic mass is 9.94. The van der Waals surface area contributed by atoms with E-state index in [9.17, 15) is 10.2 Å². The van der Waals surface area contributed by atoms with Crippen molar-refractivity contribution in [3.63, 3.8) is 0 Å². The van der Waals surface area contributed by atoms with Gasteiger partial charge in [0, 0.05) is 8.80 Å². The molecule has 0 amide bonds. The average Bonchev–Trinajstić information content (AvgIpc) is 1.94. The van der Waals surface area contributed by atoms with E-state index in [4.69, 9.17) is 0 Å². The molecule has 3 heteroatoms. The van der Waals surface area contributed by atoms with Crippen LogP contribution in [0.3, 0.4) is 0 Å². The molecule has 1 saturated carbocycles. The van der Waals surface area contributed by atoms with E-state index in [2.05, 4.69) is 13.1 Å². The van der Waals surface area contributed by atoms with Crippen LogP contribution in [0.25, 0.3) is 0 Å².